The van der Waals surface area contributed by atoms with E-state index in [1.54, 1.807) is 35.2 Å². The predicted molar refractivity (Wildman–Crippen MR) is 140 cm³/mol. The van der Waals surface area contributed by atoms with Crippen LogP contribution in [0.15, 0.2) is 96.6 Å². The first kappa shape index (κ1) is 22.4. The van der Waals surface area contributed by atoms with E-state index in [9.17, 15) is 9.18 Å². The molecule has 0 amide bonds. The van der Waals surface area contributed by atoms with Gasteiger partial charge in [0.25, 0.3) is 5.56 Å². The van der Waals surface area contributed by atoms with Gasteiger partial charge in [-0.1, -0.05) is 36.4 Å². The summed E-state index contributed by atoms with van der Waals surface area (Å²) in [6.07, 6.45) is 6.16. The molecule has 3 aromatic heterocycles. The number of nitrogens with one attached hydrogen (secondary N) is 1. The molecule has 1 N–H and O–H groups in total. The van der Waals surface area contributed by atoms with E-state index in [1.807, 2.05) is 49.4 Å². The van der Waals surface area contributed by atoms with E-state index >= 15 is 0 Å². The number of para-hydroxylation sites is 1. The number of halogens is 1. The molecular weight excluding hydrogens is 469 g/mol. The Morgan fingerprint density at radius 1 is 0.838 bits per heavy atom. The fraction of sp³-hybridized carbons (Fsp3) is 0.0714. The third-order valence-corrected chi connectivity index (χ3v) is 6.16. The molecule has 0 saturated carbocycles. The van der Waals surface area contributed by atoms with Crippen LogP contribution in [0, 0.1) is 5.82 Å². The molecule has 0 unspecified atom stereocenters. The third-order valence-electron chi connectivity index (χ3n) is 6.16. The van der Waals surface area contributed by atoms with Crippen LogP contribution in [0.4, 0.5) is 10.2 Å². The molecule has 6 rings (SSSR count). The van der Waals surface area contributed by atoms with Crippen molar-refractivity contribution in [2.24, 2.45) is 0 Å². The molecule has 0 bridgehead atoms. The van der Waals surface area contributed by atoms with Crippen molar-refractivity contribution in [1.29, 1.82) is 0 Å². The number of aromatic nitrogens is 6. The number of fused-ring (bicyclic) bond motifs is 2. The van der Waals surface area contributed by atoms with Crippen molar-refractivity contribution in [2.75, 3.05) is 5.32 Å². The molecule has 8 nitrogen and oxygen atoms in total. The van der Waals surface area contributed by atoms with Crippen molar-refractivity contribution in [3.05, 3.63) is 114 Å². The second-order valence-corrected chi connectivity index (χ2v) is 8.50. The van der Waals surface area contributed by atoms with E-state index in [4.69, 9.17) is 4.98 Å². The maximum absolute atomic E-state index is 14.7. The van der Waals surface area contributed by atoms with Gasteiger partial charge in [-0.15, -0.1) is 0 Å². The Morgan fingerprint density at radius 2 is 1.59 bits per heavy atom. The van der Waals surface area contributed by atoms with Crippen LogP contribution in [0.5, 0.6) is 0 Å². The van der Waals surface area contributed by atoms with E-state index in [0.29, 0.717) is 44.9 Å². The second kappa shape index (κ2) is 9.19. The SMILES string of the molecule is C[C@H](Nc1ncnc2cccc(F)c12)c1nc2cccc(-c3cncnc3)c2c(=O)n1-c1ccccc1. The fourth-order valence-electron chi connectivity index (χ4n) is 4.49. The molecule has 3 heterocycles. The van der Waals surface area contributed by atoms with Crippen molar-refractivity contribution in [2.45, 2.75) is 13.0 Å². The van der Waals surface area contributed by atoms with Gasteiger partial charge in [-0.3, -0.25) is 9.36 Å². The molecule has 6 aromatic rings. The van der Waals surface area contributed by atoms with Gasteiger partial charge in [0.05, 0.1) is 33.5 Å². The number of rotatable bonds is 5. The van der Waals surface area contributed by atoms with Crippen LogP contribution in [-0.4, -0.2) is 29.5 Å². The Hall–Kier alpha value is -5.05. The summed E-state index contributed by atoms with van der Waals surface area (Å²) in [7, 11) is 0. The summed E-state index contributed by atoms with van der Waals surface area (Å²) < 4.78 is 16.3. The van der Waals surface area contributed by atoms with Crippen LogP contribution in [0.25, 0.3) is 38.6 Å². The van der Waals surface area contributed by atoms with E-state index in [1.165, 1.54) is 18.7 Å². The molecule has 0 aliphatic heterocycles. The number of hydrogen-bond acceptors (Lipinski definition) is 7. The van der Waals surface area contributed by atoms with E-state index in [-0.39, 0.29) is 10.9 Å². The highest BCUT2D eigenvalue weighted by Gasteiger charge is 2.21. The molecule has 1 atom stereocenters. The summed E-state index contributed by atoms with van der Waals surface area (Å²) >= 11 is 0. The maximum atomic E-state index is 14.7. The highest BCUT2D eigenvalue weighted by molar-refractivity contribution is 5.94. The first-order valence-corrected chi connectivity index (χ1v) is 11.6. The summed E-state index contributed by atoms with van der Waals surface area (Å²) in [5.41, 5.74) is 2.83. The largest absolute Gasteiger partial charge is 0.360 e. The first-order valence-electron chi connectivity index (χ1n) is 11.6. The quantitative estimate of drug-likeness (QED) is 0.360. The molecule has 3 aromatic carbocycles. The molecule has 0 aliphatic rings. The lowest BCUT2D eigenvalue weighted by Gasteiger charge is -2.21. The van der Waals surface area contributed by atoms with Crippen molar-refractivity contribution in [1.82, 2.24) is 29.5 Å². The standard InChI is InChI=1S/C28H20FN7O/c1-17(34-26-25-21(29)10-6-11-22(25)32-16-33-26)27-35-23-12-5-9-20(18-13-30-15-31-14-18)24(23)28(37)36(27)19-7-3-2-4-8-19/h2-17H,1H3,(H,32,33,34)/t17-/m0/s1. The summed E-state index contributed by atoms with van der Waals surface area (Å²) in [5, 5.41) is 3.99. The summed E-state index contributed by atoms with van der Waals surface area (Å²) in [5.74, 6) is 0.336. The molecule has 0 saturated heterocycles. The van der Waals surface area contributed by atoms with Crippen molar-refractivity contribution in [3.8, 4) is 16.8 Å². The Bertz CT molecular complexity index is 1800. The maximum Gasteiger partial charge on any atom is 0.266 e. The van der Waals surface area contributed by atoms with Gasteiger partial charge in [0, 0.05) is 18.0 Å². The van der Waals surface area contributed by atoms with Gasteiger partial charge in [-0.2, -0.15) is 0 Å². The highest BCUT2D eigenvalue weighted by Crippen LogP contribution is 2.29. The lowest BCUT2D eigenvalue weighted by atomic mass is 10.0. The number of benzene rings is 3. The van der Waals surface area contributed by atoms with Gasteiger partial charge in [0.2, 0.25) is 0 Å². The van der Waals surface area contributed by atoms with Crippen LogP contribution >= 0.6 is 0 Å². The smallest absolute Gasteiger partial charge is 0.266 e. The molecule has 0 radical (unpaired) electrons. The summed E-state index contributed by atoms with van der Waals surface area (Å²) in [4.78, 5) is 35.7. The fourth-order valence-corrected chi connectivity index (χ4v) is 4.49. The molecule has 9 heteroatoms. The number of hydrogen-bond donors (Lipinski definition) is 1. The zero-order chi connectivity index (χ0) is 25.4. The average molecular weight is 490 g/mol. The first-order chi connectivity index (χ1) is 18.1. The van der Waals surface area contributed by atoms with Crippen LogP contribution < -0.4 is 10.9 Å². The predicted octanol–water partition coefficient (Wildman–Crippen LogP) is 5.10. The minimum Gasteiger partial charge on any atom is -0.360 e. The normalized spacial score (nSPS) is 12.1. The van der Waals surface area contributed by atoms with Gasteiger partial charge in [-0.05, 0) is 42.8 Å². The van der Waals surface area contributed by atoms with Gasteiger partial charge >= 0.3 is 0 Å². The molecule has 0 fully saturated rings. The van der Waals surface area contributed by atoms with Gasteiger partial charge < -0.3 is 5.32 Å². The minimum absolute atomic E-state index is 0.238. The van der Waals surface area contributed by atoms with Crippen LogP contribution in [-0.2, 0) is 0 Å². The highest BCUT2D eigenvalue weighted by atomic mass is 19.1. The second-order valence-electron chi connectivity index (χ2n) is 8.50. The lowest BCUT2D eigenvalue weighted by molar-refractivity contribution is 0.638. The Labute approximate surface area is 210 Å². The average Bonchev–Trinajstić information content (AvgIpc) is 2.93. The van der Waals surface area contributed by atoms with Crippen LogP contribution in [0.3, 0.4) is 0 Å². The van der Waals surface area contributed by atoms with Crippen LogP contribution in [0.2, 0.25) is 0 Å². The van der Waals surface area contributed by atoms with Gasteiger partial charge in [0.1, 0.15) is 30.1 Å². The van der Waals surface area contributed by atoms with Crippen LogP contribution in [0.1, 0.15) is 18.8 Å². The van der Waals surface area contributed by atoms with Crippen molar-refractivity contribution >= 4 is 27.6 Å². The van der Waals surface area contributed by atoms with E-state index < -0.39 is 11.9 Å². The Kier molecular flexibility index (Phi) is 5.57. The number of anilines is 1. The lowest BCUT2D eigenvalue weighted by Crippen LogP contribution is -2.27. The summed E-state index contributed by atoms with van der Waals surface area (Å²) in [6.45, 7) is 1.86. The molecule has 180 valence electrons. The topological polar surface area (TPSA) is 98.5 Å². The zero-order valence-corrected chi connectivity index (χ0v) is 19.7. The summed E-state index contributed by atoms with van der Waals surface area (Å²) in [6, 6.07) is 19.0. The molecule has 0 spiro atoms. The van der Waals surface area contributed by atoms with Gasteiger partial charge in [0.15, 0.2) is 0 Å². The Morgan fingerprint density at radius 3 is 2.41 bits per heavy atom. The molecular formula is C28H20FN7O. The minimum atomic E-state index is -0.515. The van der Waals surface area contributed by atoms with Crippen molar-refractivity contribution < 1.29 is 4.39 Å². The molecule has 0 aliphatic carbocycles. The van der Waals surface area contributed by atoms with E-state index in [2.05, 4.69) is 25.3 Å². The molecule has 37 heavy (non-hydrogen) atoms. The van der Waals surface area contributed by atoms with Gasteiger partial charge in [-0.25, -0.2) is 29.3 Å². The van der Waals surface area contributed by atoms with Crippen molar-refractivity contribution in [3.63, 3.8) is 0 Å². The number of nitrogens with zero attached hydrogens (tertiary/aromatic N) is 6. The van der Waals surface area contributed by atoms with E-state index in [0.717, 1.165) is 0 Å². The third kappa shape index (κ3) is 3.96. The zero-order valence-electron chi connectivity index (χ0n) is 19.7. The Balaban J connectivity index is 1.57. The monoisotopic (exact) mass is 489 g/mol.